The quantitative estimate of drug-likeness (QED) is 0.0222. The molecule has 0 saturated carbocycles. The Labute approximate surface area is 575 Å². The topological polar surface area (TPSA) is 237 Å². The van der Waals surface area contributed by atoms with E-state index in [1.165, 1.54) is 199 Å². The van der Waals surface area contributed by atoms with E-state index in [1.807, 2.05) is 0 Å². The summed E-state index contributed by atoms with van der Waals surface area (Å²) in [5.41, 5.74) is 0. The Hall–Kier alpha value is -1.94. The first kappa shape index (κ1) is 92.1. The maximum atomic E-state index is 13.1. The molecule has 17 nitrogen and oxygen atoms in total. The largest absolute Gasteiger partial charge is 0.472 e. The Kier molecular flexibility index (Phi) is 65.5. The monoisotopic (exact) mass is 1380 g/mol. The fourth-order valence-electron chi connectivity index (χ4n) is 11.5. The summed E-state index contributed by atoms with van der Waals surface area (Å²) in [6.45, 7) is 9.56. The van der Waals surface area contributed by atoms with Gasteiger partial charge in [-0.05, 0) is 37.5 Å². The van der Waals surface area contributed by atoms with Crippen molar-refractivity contribution in [2.45, 2.75) is 407 Å². The summed E-state index contributed by atoms with van der Waals surface area (Å²) in [6, 6.07) is 0. The van der Waals surface area contributed by atoms with Crippen LogP contribution in [-0.2, 0) is 65.4 Å². The van der Waals surface area contributed by atoms with E-state index in [1.54, 1.807) is 0 Å². The van der Waals surface area contributed by atoms with E-state index in [4.69, 9.17) is 37.0 Å². The van der Waals surface area contributed by atoms with Crippen molar-refractivity contribution in [2.24, 2.45) is 11.8 Å². The first-order chi connectivity index (χ1) is 45.4. The van der Waals surface area contributed by atoms with Gasteiger partial charge >= 0.3 is 39.5 Å². The maximum absolute atomic E-state index is 13.1. The molecule has 0 fully saturated rings. The Balaban J connectivity index is 5.25. The Morgan fingerprint density at radius 3 is 0.723 bits per heavy atom. The van der Waals surface area contributed by atoms with Crippen LogP contribution < -0.4 is 0 Å². The summed E-state index contributed by atoms with van der Waals surface area (Å²) in [6.07, 6.45) is 54.0. The SMILES string of the molecule is CCCCCCCCCCCCCCCCCC(=O)OC[C@H](COP(=O)(O)OC[C@@H](O)COP(=O)(O)OC[C@@H](COC(=O)CCCCCCCCCC(C)C)OC(=O)CCCCCCCCCCCCCCC)OC(=O)CCCCCCCCCCCCCCCC(C)C. The average molecular weight is 1380 g/mol. The normalized spacial score (nSPS) is 14.0. The number of esters is 4. The van der Waals surface area contributed by atoms with Crippen LogP contribution in [0.4, 0.5) is 0 Å². The maximum Gasteiger partial charge on any atom is 0.472 e. The van der Waals surface area contributed by atoms with E-state index in [0.29, 0.717) is 31.6 Å². The zero-order valence-corrected chi connectivity index (χ0v) is 63.1. The number of aliphatic hydroxyl groups is 1. The summed E-state index contributed by atoms with van der Waals surface area (Å²) < 4.78 is 68.5. The third kappa shape index (κ3) is 68.6. The second-order valence-corrected chi connectivity index (χ2v) is 30.9. The second-order valence-electron chi connectivity index (χ2n) is 28.0. The van der Waals surface area contributed by atoms with Crippen LogP contribution in [-0.4, -0.2) is 96.7 Å². The molecule has 0 amide bonds. The Bertz CT molecular complexity index is 1820. The van der Waals surface area contributed by atoms with E-state index in [9.17, 15) is 43.2 Å². The van der Waals surface area contributed by atoms with E-state index in [0.717, 1.165) is 102 Å². The molecule has 0 aromatic rings. The van der Waals surface area contributed by atoms with Gasteiger partial charge in [-0.1, -0.05) is 337 Å². The molecule has 0 spiro atoms. The predicted molar refractivity (Wildman–Crippen MR) is 381 cm³/mol. The summed E-state index contributed by atoms with van der Waals surface area (Å²) in [5, 5.41) is 10.6. The summed E-state index contributed by atoms with van der Waals surface area (Å²) >= 11 is 0. The highest BCUT2D eigenvalue weighted by atomic mass is 31.2. The predicted octanol–water partition coefficient (Wildman–Crippen LogP) is 21.9. The van der Waals surface area contributed by atoms with Crippen molar-refractivity contribution in [1.29, 1.82) is 0 Å². The lowest BCUT2D eigenvalue weighted by Gasteiger charge is -2.21. The number of rotatable bonds is 74. The summed E-state index contributed by atoms with van der Waals surface area (Å²) in [4.78, 5) is 72.8. The molecule has 94 heavy (non-hydrogen) atoms. The van der Waals surface area contributed by atoms with Gasteiger partial charge in [-0.25, -0.2) is 9.13 Å². The first-order valence-electron chi connectivity index (χ1n) is 39.0. The number of phosphoric acid groups is 2. The molecule has 0 aromatic heterocycles. The van der Waals surface area contributed by atoms with Gasteiger partial charge in [0.25, 0.3) is 0 Å². The van der Waals surface area contributed by atoms with Gasteiger partial charge in [0.1, 0.15) is 19.3 Å². The molecule has 19 heteroatoms. The standard InChI is InChI=1S/C75H146O17P2/c1-7-9-11-13-15-17-19-21-22-26-29-33-39-45-51-57-72(77)85-63-70(91-75(80)60-54-48-41-35-31-27-23-25-28-32-37-43-49-55-67(3)4)65-89-93(81,82)87-61-69(76)62-88-94(83,84)90-66-71(64-86-73(78)58-52-46-42-36-38-44-50-56-68(5)6)92-74(79)59-53-47-40-34-30-24-20-18-16-14-12-10-8-2/h67-71,76H,7-66H2,1-6H3,(H,81,82)(H,83,84)/t69-,70-,71-/m1/s1. The molecule has 0 saturated heterocycles. The van der Waals surface area contributed by atoms with Crippen molar-refractivity contribution < 1.29 is 80.2 Å². The smallest absolute Gasteiger partial charge is 0.462 e. The highest BCUT2D eigenvalue weighted by molar-refractivity contribution is 7.47. The summed E-state index contributed by atoms with van der Waals surface area (Å²) in [5.74, 6) is -0.624. The Morgan fingerprint density at radius 2 is 0.489 bits per heavy atom. The van der Waals surface area contributed by atoms with Crippen molar-refractivity contribution in [3.05, 3.63) is 0 Å². The molecule has 0 aromatic carbocycles. The van der Waals surface area contributed by atoms with Gasteiger partial charge in [0.05, 0.1) is 26.4 Å². The number of carbonyl (C=O) groups excluding carboxylic acids is 4. The van der Waals surface area contributed by atoms with Crippen molar-refractivity contribution in [3.63, 3.8) is 0 Å². The number of aliphatic hydroxyl groups excluding tert-OH is 1. The van der Waals surface area contributed by atoms with Crippen molar-refractivity contribution in [3.8, 4) is 0 Å². The fourth-order valence-corrected chi connectivity index (χ4v) is 13.1. The lowest BCUT2D eigenvalue weighted by Crippen LogP contribution is -2.30. The third-order valence-corrected chi connectivity index (χ3v) is 19.4. The number of hydrogen-bond acceptors (Lipinski definition) is 15. The van der Waals surface area contributed by atoms with Crippen molar-refractivity contribution >= 4 is 39.5 Å². The van der Waals surface area contributed by atoms with Gasteiger partial charge in [-0.15, -0.1) is 0 Å². The van der Waals surface area contributed by atoms with Crippen LogP contribution in [0.5, 0.6) is 0 Å². The molecule has 0 aliphatic heterocycles. The first-order valence-corrected chi connectivity index (χ1v) is 42.0. The molecule has 558 valence electrons. The zero-order valence-electron chi connectivity index (χ0n) is 61.3. The highest BCUT2D eigenvalue weighted by Crippen LogP contribution is 2.45. The molecular weight excluding hydrogens is 1230 g/mol. The Morgan fingerprint density at radius 1 is 0.287 bits per heavy atom. The van der Waals surface area contributed by atoms with Crippen molar-refractivity contribution in [2.75, 3.05) is 39.6 Å². The van der Waals surface area contributed by atoms with Crippen LogP contribution in [0.25, 0.3) is 0 Å². The number of ether oxygens (including phenoxy) is 4. The van der Waals surface area contributed by atoms with E-state index in [-0.39, 0.29) is 25.7 Å². The number of hydrogen-bond donors (Lipinski definition) is 3. The van der Waals surface area contributed by atoms with Gasteiger partial charge in [0, 0.05) is 25.7 Å². The second kappa shape index (κ2) is 66.9. The lowest BCUT2D eigenvalue weighted by molar-refractivity contribution is -0.161. The molecule has 3 N–H and O–H groups in total. The lowest BCUT2D eigenvalue weighted by atomic mass is 10.0. The third-order valence-electron chi connectivity index (χ3n) is 17.5. The molecule has 0 rings (SSSR count). The van der Waals surface area contributed by atoms with Gasteiger partial charge in [0.15, 0.2) is 12.2 Å². The molecule has 0 aliphatic carbocycles. The van der Waals surface area contributed by atoms with Crippen LogP contribution in [0.15, 0.2) is 0 Å². The van der Waals surface area contributed by atoms with Crippen LogP contribution in [0, 0.1) is 11.8 Å². The van der Waals surface area contributed by atoms with Gasteiger partial charge < -0.3 is 33.8 Å². The minimum absolute atomic E-state index is 0.107. The molecule has 0 aliphatic rings. The number of carbonyl (C=O) groups is 4. The van der Waals surface area contributed by atoms with E-state index >= 15 is 0 Å². The zero-order chi connectivity index (χ0) is 69.3. The molecule has 0 heterocycles. The molecule has 5 atom stereocenters. The fraction of sp³-hybridized carbons (Fsp3) is 0.947. The van der Waals surface area contributed by atoms with Gasteiger partial charge in [-0.3, -0.25) is 37.3 Å². The molecule has 2 unspecified atom stereocenters. The number of phosphoric ester groups is 2. The average Bonchev–Trinajstić information content (AvgIpc) is 2.29. The minimum atomic E-state index is -4.96. The molecular formula is C75H146O17P2. The van der Waals surface area contributed by atoms with E-state index in [2.05, 4.69) is 41.5 Å². The van der Waals surface area contributed by atoms with Crippen LogP contribution in [0.2, 0.25) is 0 Å². The van der Waals surface area contributed by atoms with Crippen molar-refractivity contribution in [1.82, 2.24) is 0 Å². The van der Waals surface area contributed by atoms with Crippen LogP contribution in [0.3, 0.4) is 0 Å². The minimum Gasteiger partial charge on any atom is -0.462 e. The molecule has 0 radical (unpaired) electrons. The molecule has 0 bridgehead atoms. The van der Waals surface area contributed by atoms with Gasteiger partial charge in [-0.2, -0.15) is 0 Å². The van der Waals surface area contributed by atoms with Crippen LogP contribution >= 0.6 is 15.6 Å². The number of unbranched alkanes of at least 4 members (excludes halogenated alkanes) is 44. The van der Waals surface area contributed by atoms with E-state index < -0.39 is 97.5 Å². The summed E-state index contributed by atoms with van der Waals surface area (Å²) in [7, 11) is -9.91. The van der Waals surface area contributed by atoms with Crippen LogP contribution in [0.1, 0.15) is 388 Å². The van der Waals surface area contributed by atoms with Gasteiger partial charge in [0.2, 0.25) is 0 Å². The highest BCUT2D eigenvalue weighted by Gasteiger charge is 2.30.